The molecule has 0 saturated heterocycles. The van der Waals surface area contributed by atoms with Crippen LogP contribution in [0.3, 0.4) is 0 Å². The fraction of sp³-hybridized carbons (Fsp3) is 0.333. The summed E-state index contributed by atoms with van der Waals surface area (Å²) in [4.78, 5) is 15.5. The summed E-state index contributed by atoms with van der Waals surface area (Å²) < 4.78 is 0. The van der Waals surface area contributed by atoms with E-state index in [-0.39, 0.29) is 38.5 Å². The topological polar surface area (TPSA) is 63.1 Å². The van der Waals surface area contributed by atoms with E-state index >= 15 is 0 Å². The summed E-state index contributed by atoms with van der Waals surface area (Å²) in [5.74, 6) is 1.76. The number of hydrogen-bond acceptors (Lipinski definition) is 5. The first kappa shape index (κ1) is 14.3. The molecule has 0 aliphatic carbocycles. The maximum atomic E-state index is 5.36. The number of rotatable bonds is 4. The van der Waals surface area contributed by atoms with Crippen molar-refractivity contribution >= 4 is 12.7 Å². The van der Waals surface area contributed by atoms with E-state index in [0.717, 1.165) is 6.42 Å². The van der Waals surface area contributed by atoms with Gasteiger partial charge in [0.05, 0.1) is 0 Å². The van der Waals surface area contributed by atoms with Crippen molar-refractivity contribution in [2.24, 2.45) is 4.99 Å². The number of aryl methyl sites for hydroxylation is 2. The molecule has 1 aromatic rings. The first-order valence-corrected chi connectivity index (χ1v) is 4.17. The molecule has 77 valence electrons. The molecule has 5 nitrogen and oxygen atoms in total. The van der Waals surface area contributed by atoms with Crippen molar-refractivity contribution in [2.45, 2.75) is 20.3 Å². The predicted molar refractivity (Wildman–Crippen MR) is 53.9 cm³/mol. The normalized spacial score (nSPS) is 8.93. The average Bonchev–Trinajstić information content (AvgIpc) is 2.16. The molecule has 0 fully saturated rings. The van der Waals surface area contributed by atoms with Gasteiger partial charge in [-0.05, 0) is 6.92 Å². The Labute approximate surface area is 114 Å². The quantitative estimate of drug-likeness (QED) is 0.659. The Kier molecular flexibility index (Phi) is 6.44. The van der Waals surface area contributed by atoms with Gasteiger partial charge in [-0.3, -0.25) is 0 Å². The third-order valence-electron chi connectivity index (χ3n) is 1.49. The average molecular weight is 278 g/mol. The Bertz CT molecular complexity index is 364. The molecular formula is C9H11N5Y-2. The SMILES string of the molecule is [CH-]=NC(=[CH-])Nc1nc(C)nc(CC)n1.[Y]. The minimum atomic E-state index is 0. The summed E-state index contributed by atoms with van der Waals surface area (Å²) >= 11 is 0. The smallest absolute Gasteiger partial charge is 0.212 e. The molecule has 1 heterocycles. The van der Waals surface area contributed by atoms with E-state index in [0.29, 0.717) is 17.6 Å². The number of aromatic nitrogens is 3. The van der Waals surface area contributed by atoms with Crippen LogP contribution < -0.4 is 5.32 Å². The molecule has 0 bridgehead atoms. The van der Waals surface area contributed by atoms with Gasteiger partial charge in [0.25, 0.3) is 0 Å². The largest absolute Gasteiger partial charge is 0.577 e. The van der Waals surface area contributed by atoms with E-state index in [1.54, 1.807) is 6.92 Å². The van der Waals surface area contributed by atoms with Crippen LogP contribution in [-0.4, -0.2) is 21.7 Å². The molecule has 0 aromatic carbocycles. The van der Waals surface area contributed by atoms with Gasteiger partial charge >= 0.3 is 0 Å². The zero-order chi connectivity index (χ0) is 10.6. The van der Waals surface area contributed by atoms with Crippen molar-refractivity contribution in [3.8, 4) is 0 Å². The predicted octanol–water partition coefficient (Wildman–Crippen LogP) is 1.00. The van der Waals surface area contributed by atoms with E-state index < -0.39 is 0 Å². The fourth-order valence-corrected chi connectivity index (χ4v) is 0.898. The summed E-state index contributed by atoms with van der Waals surface area (Å²) in [6.07, 6.45) is 0.734. The third-order valence-corrected chi connectivity index (χ3v) is 1.49. The van der Waals surface area contributed by atoms with Crippen LogP contribution in [0.4, 0.5) is 5.95 Å². The number of anilines is 1. The molecule has 0 saturated carbocycles. The Morgan fingerprint density at radius 2 is 2.07 bits per heavy atom. The Morgan fingerprint density at radius 3 is 2.60 bits per heavy atom. The monoisotopic (exact) mass is 278 g/mol. The second-order valence-corrected chi connectivity index (χ2v) is 2.62. The van der Waals surface area contributed by atoms with Crippen molar-refractivity contribution in [3.05, 3.63) is 24.0 Å². The summed E-state index contributed by atoms with van der Waals surface area (Å²) in [5, 5.41) is 2.65. The molecule has 1 rings (SSSR count). The zero-order valence-corrected chi connectivity index (χ0v) is 11.6. The zero-order valence-electron chi connectivity index (χ0n) is 8.73. The number of nitrogens with one attached hydrogen (secondary N) is 1. The Hall–Kier alpha value is -0.676. The molecule has 0 amide bonds. The summed E-state index contributed by atoms with van der Waals surface area (Å²) in [6, 6.07) is 0. The summed E-state index contributed by atoms with van der Waals surface area (Å²) in [7, 11) is 0. The minimum Gasteiger partial charge on any atom is -0.577 e. The molecule has 1 N–H and O–H groups in total. The van der Waals surface area contributed by atoms with Gasteiger partial charge in [-0.1, -0.05) is 6.92 Å². The van der Waals surface area contributed by atoms with Crippen LogP contribution in [0.5, 0.6) is 0 Å². The van der Waals surface area contributed by atoms with Gasteiger partial charge in [-0.15, -0.1) is 0 Å². The third kappa shape index (κ3) is 4.58. The molecule has 0 aliphatic rings. The van der Waals surface area contributed by atoms with Crippen molar-refractivity contribution < 1.29 is 32.7 Å². The van der Waals surface area contributed by atoms with Gasteiger partial charge < -0.3 is 16.9 Å². The molecule has 0 spiro atoms. The van der Waals surface area contributed by atoms with Crippen LogP contribution in [0.1, 0.15) is 18.6 Å². The van der Waals surface area contributed by atoms with Crippen LogP contribution in [-0.2, 0) is 39.1 Å². The van der Waals surface area contributed by atoms with Crippen LogP contribution in [0.2, 0.25) is 0 Å². The minimum absolute atomic E-state index is 0. The van der Waals surface area contributed by atoms with Crippen molar-refractivity contribution in [1.29, 1.82) is 0 Å². The van der Waals surface area contributed by atoms with Crippen LogP contribution >= 0.6 is 0 Å². The summed E-state index contributed by atoms with van der Waals surface area (Å²) in [6.45, 7) is 14.1. The maximum Gasteiger partial charge on any atom is 0.212 e. The molecule has 0 atom stereocenters. The van der Waals surface area contributed by atoms with Gasteiger partial charge in [0, 0.05) is 39.1 Å². The van der Waals surface area contributed by atoms with Gasteiger partial charge in [-0.2, -0.15) is 16.7 Å². The Balaban J connectivity index is 0.00000196. The molecular weight excluding hydrogens is 267 g/mol. The number of nitrogens with zero attached hydrogens (tertiary/aromatic N) is 4. The summed E-state index contributed by atoms with van der Waals surface area (Å²) in [5.41, 5.74) is 0. The van der Waals surface area contributed by atoms with Gasteiger partial charge in [0.1, 0.15) is 11.6 Å². The van der Waals surface area contributed by atoms with Crippen LogP contribution in [0, 0.1) is 13.5 Å². The van der Waals surface area contributed by atoms with Crippen LogP contribution in [0.25, 0.3) is 0 Å². The van der Waals surface area contributed by atoms with Crippen LogP contribution in [0.15, 0.2) is 10.8 Å². The molecule has 0 unspecified atom stereocenters. The molecule has 0 aliphatic heterocycles. The number of aliphatic imine (C=N–C) groups is 1. The van der Waals surface area contributed by atoms with Crippen molar-refractivity contribution in [1.82, 2.24) is 15.0 Å². The maximum absolute atomic E-state index is 5.36. The molecule has 15 heavy (non-hydrogen) atoms. The first-order chi connectivity index (χ1) is 6.65. The first-order valence-electron chi connectivity index (χ1n) is 4.17. The van der Waals surface area contributed by atoms with E-state index in [2.05, 4.69) is 25.3 Å². The van der Waals surface area contributed by atoms with Gasteiger partial charge in [0.2, 0.25) is 5.95 Å². The number of hydrogen-bond donors (Lipinski definition) is 1. The second kappa shape index (κ2) is 6.74. The van der Waals surface area contributed by atoms with E-state index in [1.807, 2.05) is 6.92 Å². The molecule has 1 radical (unpaired) electrons. The molecule has 6 heteroatoms. The van der Waals surface area contributed by atoms with E-state index in [4.69, 9.17) is 13.3 Å². The van der Waals surface area contributed by atoms with Gasteiger partial charge in [0.15, 0.2) is 0 Å². The second-order valence-electron chi connectivity index (χ2n) is 2.62. The van der Waals surface area contributed by atoms with Gasteiger partial charge in [-0.25, -0.2) is 10.8 Å². The molecule has 1 aromatic heterocycles. The Morgan fingerprint density at radius 1 is 1.40 bits per heavy atom. The standard InChI is InChI=1S/C9H11N5.Y/c1-5-8-11-7(3)13-9(14-8)12-6(2)10-4;/h2,4H,5H2,1,3H3,(H,11,12,13,14);/q-2;. The fourth-order valence-electron chi connectivity index (χ4n) is 0.898. The van der Waals surface area contributed by atoms with Crippen molar-refractivity contribution in [2.75, 3.05) is 5.32 Å². The van der Waals surface area contributed by atoms with E-state index in [1.165, 1.54) is 0 Å². The van der Waals surface area contributed by atoms with Crippen molar-refractivity contribution in [3.63, 3.8) is 0 Å². The van der Waals surface area contributed by atoms with E-state index in [9.17, 15) is 0 Å².